The highest BCUT2D eigenvalue weighted by molar-refractivity contribution is 5.24. The van der Waals surface area contributed by atoms with Crippen molar-refractivity contribution in [3.8, 4) is 0 Å². The Morgan fingerprint density at radius 2 is 1.83 bits per heavy atom. The predicted molar refractivity (Wildman–Crippen MR) is 74.7 cm³/mol. The number of aliphatic hydroxyl groups is 1. The van der Waals surface area contributed by atoms with Gasteiger partial charge in [-0.15, -0.1) is 0 Å². The highest BCUT2D eigenvalue weighted by atomic mass is 16.3. The zero-order valence-corrected chi connectivity index (χ0v) is 11.6. The second-order valence-corrected chi connectivity index (χ2v) is 5.52. The molecular weight excluding hydrogens is 224 g/mol. The molecule has 0 saturated carbocycles. The Kier molecular flexibility index (Phi) is 4.38. The van der Waals surface area contributed by atoms with Crippen LogP contribution >= 0.6 is 0 Å². The van der Waals surface area contributed by atoms with E-state index in [2.05, 4.69) is 43.0 Å². The van der Waals surface area contributed by atoms with E-state index in [1.54, 1.807) is 0 Å². The molecule has 1 aromatic carbocycles. The van der Waals surface area contributed by atoms with Crippen LogP contribution in [0.5, 0.6) is 0 Å². The third-order valence-electron chi connectivity index (χ3n) is 3.90. The first kappa shape index (κ1) is 13.5. The van der Waals surface area contributed by atoms with Crippen LogP contribution in [0.15, 0.2) is 24.3 Å². The SMILES string of the molecule is Cc1ccc(C(O)C2CN(C)CCCN2C)cc1. The first-order valence-corrected chi connectivity index (χ1v) is 6.71. The summed E-state index contributed by atoms with van der Waals surface area (Å²) in [4.78, 5) is 4.60. The lowest BCUT2D eigenvalue weighted by atomic mass is 10.00. The fraction of sp³-hybridized carbons (Fsp3) is 0.600. The summed E-state index contributed by atoms with van der Waals surface area (Å²) in [5.41, 5.74) is 2.25. The van der Waals surface area contributed by atoms with Gasteiger partial charge < -0.3 is 10.0 Å². The Bertz CT molecular complexity index is 377. The maximum absolute atomic E-state index is 10.6. The van der Waals surface area contributed by atoms with Gasteiger partial charge in [0.05, 0.1) is 12.1 Å². The maximum Gasteiger partial charge on any atom is 0.0957 e. The molecule has 0 amide bonds. The summed E-state index contributed by atoms with van der Waals surface area (Å²) in [5, 5.41) is 10.6. The van der Waals surface area contributed by atoms with Gasteiger partial charge in [0.2, 0.25) is 0 Å². The van der Waals surface area contributed by atoms with Gasteiger partial charge in [-0.3, -0.25) is 4.90 Å². The Hall–Kier alpha value is -0.900. The Morgan fingerprint density at radius 3 is 2.50 bits per heavy atom. The molecule has 0 bridgehead atoms. The van der Waals surface area contributed by atoms with Crippen molar-refractivity contribution in [3.63, 3.8) is 0 Å². The Balaban J connectivity index is 2.14. The molecule has 1 heterocycles. The quantitative estimate of drug-likeness (QED) is 0.862. The number of nitrogens with zero attached hydrogens (tertiary/aromatic N) is 2. The van der Waals surface area contributed by atoms with Gasteiger partial charge in [0.25, 0.3) is 0 Å². The van der Waals surface area contributed by atoms with Crippen molar-refractivity contribution in [3.05, 3.63) is 35.4 Å². The van der Waals surface area contributed by atoms with E-state index in [0.29, 0.717) is 0 Å². The minimum atomic E-state index is -0.406. The first-order chi connectivity index (χ1) is 8.58. The standard InChI is InChI=1S/C15H24N2O/c1-12-5-7-13(8-6-12)15(18)14-11-16(2)9-4-10-17(14)3/h5-8,14-15,18H,4,9-11H2,1-3H3. The predicted octanol–water partition coefficient (Wildman–Crippen LogP) is 1.66. The second-order valence-electron chi connectivity index (χ2n) is 5.52. The van der Waals surface area contributed by atoms with Crippen LogP contribution in [0.25, 0.3) is 0 Å². The van der Waals surface area contributed by atoms with E-state index in [9.17, 15) is 5.11 Å². The fourth-order valence-electron chi connectivity index (χ4n) is 2.63. The highest BCUT2D eigenvalue weighted by Gasteiger charge is 2.27. The molecule has 18 heavy (non-hydrogen) atoms. The lowest BCUT2D eigenvalue weighted by Crippen LogP contribution is -2.42. The molecule has 3 nitrogen and oxygen atoms in total. The fourth-order valence-corrected chi connectivity index (χ4v) is 2.63. The number of hydrogen-bond donors (Lipinski definition) is 1. The van der Waals surface area contributed by atoms with Gasteiger partial charge in [-0.05, 0) is 46.1 Å². The topological polar surface area (TPSA) is 26.7 Å². The van der Waals surface area contributed by atoms with Gasteiger partial charge in [-0.2, -0.15) is 0 Å². The van der Waals surface area contributed by atoms with Gasteiger partial charge in [-0.25, -0.2) is 0 Å². The molecule has 0 aliphatic carbocycles. The van der Waals surface area contributed by atoms with Crippen LogP contribution in [-0.4, -0.2) is 54.7 Å². The molecule has 1 saturated heterocycles. The first-order valence-electron chi connectivity index (χ1n) is 6.71. The van der Waals surface area contributed by atoms with E-state index >= 15 is 0 Å². The number of aryl methyl sites for hydroxylation is 1. The largest absolute Gasteiger partial charge is 0.387 e. The van der Waals surface area contributed by atoms with Crippen molar-refractivity contribution in [2.45, 2.75) is 25.5 Å². The van der Waals surface area contributed by atoms with E-state index in [1.807, 2.05) is 12.1 Å². The summed E-state index contributed by atoms with van der Waals surface area (Å²) in [5.74, 6) is 0. The van der Waals surface area contributed by atoms with E-state index in [-0.39, 0.29) is 6.04 Å². The molecule has 0 radical (unpaired) electrons. The lowest BCUT2D eigenvalue weighted by Gasteiger charge is -2.31. The summed E-state index contributed by atoms with van der Waals surface area (Å²) >= 11 is 0. The number of hydrogen-bond acceptors (Lipinski definition) is 3. The van der Waals surface area contributed by atoms with E-state index in [1.165, 1.54) is 12.0 Å². The molecule has 2 rings (SSSR count). The minimum absolute atomic E-state index is 0.181. The smallest absolute Gasteiger partial charge is 0.0957 e. The van der Waals surface area contributed by atoms with Crippen molar-refractivity contribution in [2.75, 3.05) is 33.7 Å². The van der Waals surface area contributed by atoms with E-state index in [0.717, 1.165) is 25.2 Å². The van der Waals surface area contributed by atoms with Crippen LogP contribution in [0, 0.1) is 6.92 Å². The summed E-state index contributed by atoms with van der Waals surface area (Å²) in [6.07, 6.45) is 0.764. The number of aliphatic hydroxyl groups excluding tert-OH is 1. The van der Waals surface area contributed by atoms with Gasteiger partial charge in [-0.1, -0.05) is 29.8 Å². The summed E-state index contributed by atoms with van der Waals surface area (Å²) in [7, 11) is 4.25. The van der Waals surface area contributed by atoms with Crippen LogP contribution < -0.4 is 0 Å². The molecule has 1 aliphatic rings. The molecule has 1 N–H and O–H groups in total. The molecular formula is C15H24N2O. The molecule has 0 spiro atoms. The molecule has 1 fully saturated rings. The van der Waals surface area contributed by atoms with Gasteiger partial charge in [0, 0.05) is 6.54 Å². The third-order valence-corrected chi connectivity index (χ3v) is 3.90. The minimum Gasteiger partial charge on any atom is -0.387 e. The van der Waals surface area contributed by atoms with E-state index in [4.69, 9.17) is 0 Å². The normalized spacial score (nSPS) is 24.8. The molecule has 3 heteroatoms. The van der Waals surface area contributed by atoms with Crippen molar-refractivity contribution in [1.29, 1.82) is 0 Å². The zero-order chi connectivity index (χ0) is 13.1. The Labute approximate surface area is 110 Å². The number of likely N-dealkylation sites (N-methyl/N-ethyl adjacent to an activating group) is 2. The summed E-state index contributed by atoms with van der Waals surface area (Å²) < 4.78 is 0. The second kappa shape index (κ2) is 5.83. The monoisotopic (exact) mass is 248 g/mol. The van der Waals surface area contributed by atoms with Crippen LogP contribution in [0.1, 0.15) is 23.7 Å². The zero-order valence-electron chi connectivity index (χ0n) is 11.6. The van der Waals surface area contributed by atoms with Crippen molar-refractivity contribution in [2.24, 2.45) is 0 Å². The summed E-state index contributed by atoms with van der Waals surface area (Å²) in [6, 6.07) is 8.40. The van der Waals surface area contributed by atoms with Gasteiger partial charge in [0.15, 0.2) is 0 Å². The molecule has 2 unspecified atom stereocenters. The highest BCUT2D eigenvalue weighted by Crippen LogP contribution is 2.23. The van der Waals surface area contributed by atoms with Crippen molar-refractivity contribution >= 4 is 0 Å². The molecule has 1 aromatic rings. The van der Waals surface area contributed by atoms with E-state index < -0.39 is 6.10 Å². The number of benzene rings is 1. The molecule has 2 atom stereocenters. The molecule has 100 valence electrons. The van der Waals surface area contributed by atoms with Crippen LogP contribution in [0.4, 0.5) is 0 Å². The number of rotatable bonds is 2. The average Bonchev–Trinajstić information content (AvgIpc) is 2.51. The molecule has 0 aromatic heterocycles. The average molecular weight is 248 g/mol. The van der Waals surface area contributed by atoms with Crippen LogP contribution in [0.3, 0.4) is 0 Å². The lowest BCUT2D eigenvalue weighted by molar-refractivity contribution is 0.0572. The van der Waals surface area contributed by atoms with Crippen LogP contribution in [-0.2, 0) is 0 Å². The third kappa shape index (κ3) is 3.10. The molecule has 1 aliphatic heterocycles. The van der Waals surface area contributed by atoms with Crippen molar-refractivity contribution in [1.82, 2.24) is 9.80 Å². The summed E-state index contributed by atoms with van der Waals surface area (Å²) in [6.45, 7) is 5.16. The van der Waals surface area contributed by atoms with Gasteiger partial charge >= 0.3 is 0 Å². The van der Waals surface area contributed by atoms with Gasteiger partial charge in [0.1, 0.15) is 0 Å². The maximum atomic E-state index is 10.6. The van der Waals surface area contributed by atoms with Crippen molar-refractivity contribution < 1.29 is 5.11 Å². The Morgan fingerprint density at radius 1 is 1.17 bits per heavy atom. The van der Waals surface area contributed by atoms with Crippen LogP contribution in [0.2, 0.25) is 0 Å².